The Hall–Kier alpha value is -2.20. The first-order valence-corrected chi connectivity index (χ1v) is 8.69. The van der Waals surface area contributed by atoms with E-state index in [0.29, 0.717) is 5.52 Å². The third kappa shape index (κ3) is 4.02. The number of hydrogen-bond donors (Lipinski definition) is 4. The van der Waals surface area contributed by atoms with Crippen LogP contribution in [-0.4, -0.2) is 61.7 Å². The van der Waals surface area contributed by atoms with Crippen molar-refractivity contribution in [3.63, 3.8) is 0 Å². The Morgan fingerprint density at radius 3 is 2.70 bits per heavy atom. The van der Waals surface area contributed by atoms with Gasteiger partial charge >= 0.3 is 5.97 Å². The van der Waals surface area contributed by atoms with Crippen molar-refractivity contribution in [2.75, 3.05) is 12.3 Å². The number of esters is 1. The Bertz CT molecular complexity index is 935. The predicted octanol–water partition coefficient (Wildman–Crippen LogP) is -0.479. The molecule has 0 bridgehead atoms. The molecule has 0 amide bonds. The summed E-state index contributed by atoms with van der Waals surface area (Å²) in [6, 6.07) is 4.08. The summed E-state index contributed by atoms with van der Waals surface area (Å²) >= 11 is 0. The van der Waals surface area contributed by atoms with Crippen molar-refractivity contribution in [3.8, 4) is 6.07 Å². The highest BCUT2D eigenvalue weighted by Gasteiger charge is 2.59. The van der Waals surface area contributed by atoms with Crippen molar-refractivity contribution in [1.29, 1.82) is 5.26 Å². The first-order valence-electron chi connectivity index (χ1n) is 8.69. The number of aromatic nitrogens is 3. The predicted molar refractivity (Wildman–Crippen MR) is 110 cm³/mol. The van der Waals surface area contributed by atoms with Crippen LogP contribution < -0.4 is 11.5 Å². The number of fused-ring (bicyclic) bond motifs is 1. The van der Waals surface area contributed by atoms with Crippen LogP contribution in [-0.2, 0) is 19.9 Å². The van der Waals surface area contributed by atoms with Gasteiger partial charge in [-0.25, -0.2) is 9.50 Å². The molecule has 11 nitrogen and oxygen atoms in total. The molecule has 5 atom stereocenters. The van der Waals surface area contributed by atoms with Gasteiger partial charge in [-0.1, -0.05) is 13.8 Å². The van der Waals surface area contributed by atoms with Gasteiger partial charge in [0.1, 0.15) is 36.2 Å². The molecule has 2 aromatic heterocycles. The zero-order valence-corrected chi connectivity index (χ0v) is 17.8. The second-order valence-electron chi connectivity index (χ2n) is 6.96. The maximum absolute atomic E-state index is 12.3. The van der Waals surface area contributed by atoms with E-state index in [-0.39, 0.29) is 42.2 Å². The lowest BCUT2D eigenvalue weighted by Crippen LogP contribution is -2.46. The molecule has 0 spiro atoms. The lowest BCUT2D eigenvalue weighted by molar-refractivity contribution is -0.159. The molecule has 1 aliphatic rings. The highest BCUT2D eigenvalue weighted by Crippen LogP contribution is 2.41. The largest absolute Gasteiger partial charge is 0.455 e. The van der Waals surface area contributed by atoms with Crippen molar-refractivity contribution in [2.24, 2.45) is 11.7 Å². The van der Waals surface area contributed by atoms with E-state index in [1.165, 1.54) is 16.9 Å². The molecule has 1 aliphatic heterocycles. The summed E-state index contributed by atoms with van der Waals surface area (Å²) in [5, 5.41) is 34.5. The molecule has 2 aromatic rings. The smallest absolute Gasteiger partial charge is 0.323 e. The van der Waals surface area contributed by atoms with E-state index in [1.807, 2.05) is 6.07 Å². The van der Waals surface area contributed by atoms with Gasteiger partial charge in [-0.05, 0) is 18.1 Å². The van der Waals surface area contributed by atoms with Crippen molar-refractivity contribution >= 4 is 42.1 Å². The molecule has 0 aliphatic carbocycles. The number of anilines is 1. The van der Waals surface area contributed by atoms with Crippen molar-refractivity contribution in [1.82, 2.24) is 14.6 Å². The molecule has 3 heterocycles. The van der Waals surface area contributed by atoms with Crippen molar-refractivity contribution in [3.05, 3.63) is 24.2 Å². The molecule has 1 saturated heterocycles. The number of nitriles is 1. The average molecular weight is 463 g/mol. The van der Waals surface area contributed by atoms with Gasteiger partial charge in [-0.15, -0.1) is 24.8 Å². The molecule has 6 N–H and O–H groups in total. The van der Waals surface area contributed by atoms with E-state index in [0.717, 1.165) is 0 Å². The topological polar surface area (TPSA) is 182 Å². The first-order chi connectivity index (χ1) is 13.3. The highest BCUT2D eigenvalue weighted by molar-refractivity contribution is 5.85. The van der Waals surface area contributed by atoms with E-state index in [9.17, 15) is 20.3 Å². The summed E-state index contributed by atoms with van der Waals surface area (Å²) in [5.41, 5.74) is 10.2. The maximum atomic E-state index is 12.3. The summed E-state index contributed by atoms with van der Waals surface area (Å²) in [6.07, 6.45) is -2.84. The zero-order chi connectivity index (χ0) is 20.6. The Morgan fingerprint density at radius 2 is 2.13 bits per heavy atom. The average Bonchev–Trinajstić information content (AvgIpc) is 3.22. The molecule has 1 fully saturated rings. The van der Waals surface area contributed by atoms with E-state index >= 15 is 0 Å². The van der Waals surface area contributed by atoms with Crippen LogP contribution in [0.4, 0.5) is 5.82 Å². The molecule has 166 valence electrons. The molecule has 0 saturated carbocycles. The molecule has 0 radical (unpaired) electrons. The second-order valence-corrected chi connectivity index (χ2v) is 6.96. The van der Waals surface area contributed by atoms with Crippen LogP contribution in [0, 0.1) is 17.2 Å². The van der Waals surface area contributed by atoms with Gasteiger partial charge in [0.25, 0.3) is 0 Å². The van der Waals surface area contributed by atoms with Gasteiger partial charge in [-0.2, -0.15) is 10.4 Å². The van der Waals surface area contributed by atoms with E-state index in [2.05, 4.69) is 10.1 Å². The standard InChI is InChI=1S/C17H22N6O5.2ClH/c1-8(2)12(19)16(26)27-13-10(5-24)28-17(6-18,14(13)25)11-4-3-9-15(20)21-7-22-23(9)11;;/h3-4,7-8,10,12-14,24-25H,5,19H2,1-2H3,(H2,20,21,22);2*1H/t10-,12+,13-,14-,17+;;/m1../s1. The molecule has 3 rings (SSSR count). The second kappa shape index (κ2) is 9.74. The lowest BCUT2D eigenvalue weighted by Gasteiger charge is -2.25. The Morgan fingerprint density at radius 1 is 1.47 bits per heavy atom. The van der Waals surface area contributed by atoms with Gasteiger partial charge in [0, 0.05) is 0 Å². The van der Waals surface area contributed by atoms with Gasteiger partial charge in [0.05, 0.1) is 12.3 Å². The molecule has 13 heteroatoms. The van der Waals surface area contributed by atoms with Gasteiger partial charge in [-0.3, -0.25) is 4.79 Å². The number of ether oxygens (including phenoxy) is 2. The van der Waals surface area contributed by atoms with Crippen LogP contribution >= 0.6 is 24.8 Å². The Labute approximate surface area is 184 Å². The molecule has 30 heavy (non-hydrogen) atoms. The summed E-state index contributed by atoms with van der Waals surface area (Å²) in [4.78, 5) is 16.1. The number of carbonyl (C=O) groups excluding carboxylic acids is 1. The number of aliphatic hydroxyl groups is 2. The van der Waals surface area contributed by atoms with Gasteiger partial charge in [0.2, 0.25) is 5.60 Å². The summed E-state index contributed by atoms with van der Waals surface area (Å²) < 4.78 is 12.3. The van der Waals surface area contributed by atoms with Crippen LogP contribution in [0.2, 0.25) is 0 Å². The number of rotatable bonds is 5. The van der Waals surface area contributed by atoms with Crippen molar-refractivity contribution in [2.45, 2.75) is 43.8 Å². The fraction of sp³-hybridized carbons (Fsp3) is 0.529. The van der Waals surface area contributed by atoms with Crippen LogP contribution in [0.15, 0.2) is 18.5 Å². The van der Waals surface area contributed by atoms with Crippen molar-refractivity contribution < 1.29 is 24.5 Å². The fourth-order valence-electron chi connectivity index (χ4n) is 3.17. The summed E-state index contributed by atoms with van der Waals surface area (Å²) in [6.45, 7) is 2.90. The van der Waals surface area contributed by atoms with Crippen LogP contribution in [0.25, 0.3) is 5.52 Å². The van der Waals surface area contributed by atoms with Gasteiger partial charge in [0.15, 0.2) is 11.9 Å². The minimum atomic E-state index is -1.95. The normalized spacial score (nSPS) is 26.5. The molecular weight excluding hydrogens is 439 g/mol. The van der Waals surface area contributed by atoms with E-state index in [1.54, 1.807) is 19.9 Å². The van der Waals surface area contributed by atoms with E-state index in [4.69, 9.17) is 20.9 Å². The van der Waals surface area contributed by atoms with Crippen LogP contribution in [0.5, 0.6) is 0 Å². The Balaban J connectivity index is 0.00000225. The van der Waals surface area contributed by atoms with E-state index < -0.39 is 42.5 Å². The third-order valence-electron chi connectivity index (χ3n) is 4.88. The number of nitrogens with two attached hydrogens (primary N) is 2. The number of nitrogens with zero attached hydrogens (tertiary/aromatic N) is 4. The number of aliphatic hydroxyl groups excluding tert-OH is 2. The Kier molecular flexibility index (Phi) is 8.39. The van der Waals surface area contributed by atoms with Gasteiger partial charge < -0.3 is 31.2 Å². The summed E-state index contributed by atoms with van der Waals surface area (Å²) in [5.74, 6) is -0.789. The minimum Gasteiger partial charge on any atom is -0.455 e. The summed E-state index contributed by atoms with van der Waals surface area (Å²) in [7, 11) is 0. The third-order valence-corrected chi connectivity index (χ3v) is 4.88. The van der Waals surface area contributed by atoms with Crippen LogP contribution in [0.1, 0.15) is 19.5 Å². The fourth-order valence-corrected chi connectivity index (χ4v) is 3.17. The highest BCUT2D eigenvalue weighted by atomic mass is 35.5. The minimum absolute atomic E-state index is 0. The van der Waals surface area contributed by atoms with Crippen LogP contribution in [0.3, 0.4) is 0 Å². The maximum Gasteiger partial charge on any atom is 0.323 e. The number of hydrogen-bond acceptors (Lipinski definition) is 10. The lowest BCUT2D eigenvalue weighted by atomic mass is 9.92. The first kappa shape index (κ1) is 25.8. The number of halogens is 2. The molecule has 0 unspecified atom stereocenters. The molecule has 0 aromatic carbocycles. The monoisotopic (exact) mass is 462 g/mol. The molecular formula is C17H24Cl2N6O5. The number of nitrogen functional groups attached to an aromatic ring is 1. The zero-order valence-electron chi connectivity index (χ0n) is 16.2. The SMILES string of the molecule is CC(C)[C@H](N)C(=O)O[C@H]1[C@@H](O)[C@](C#N)(c2ccc3c(N)ncnn23)O[C@@H]1CO.Cl.Cl. The quantitative estimate of drug-likeness (QED) is 0.423. The number of carbonyl (C=O) groups is 1.